The molecule has 2 rings (SSSR count). The summed E-state index contributed by atoms with van der Waals surface area (Å²) in [5.74, 6) is -0.152. The predicted molar refractivity (Wildman–Crippen MR) is 91.1 cm³/mol. The molecular weight excluding hydrogens is 308 g/mol. The summed E-state index contributed by atoms with van der Waals surface area (Å²) in [6, 6.07) is 9.58. The van der Waals surface area contributed by atoms with E-state index in [1.54, 1.807) is 11.9 Å². The molecule has 0 spiro atoms. The van der Waals surface area contributed by atoms with E-state index in [-0.39, 0.29) is 18.0 Å². The van der Waals surface area contributed by atoms with Crippen molar-refractivity contribution in [3.05, 3.63) is 30.3 Å². The Morgan fingerprint density at radius 3 is 2.50 bits per heavy atom. The molecule has 0 unspecified atom stereocenters. The lowest BCUT2D eigenvalue weighted by atomic mass is 9.86. The Bertz CT molecular complexity index is 527. The predicted octanol–water partition coefficient (Wildman–Crippen LogP) is 2.74. The first kappa shape index (κ1) is 18.1. The van der Waals surface area contributed by atoms with Gasteiger partial charge in [0.1, 0.15) is 5.75 Å². The highest BCUT2D eigenvalue weighted by molar-refractivity contribution is 5.74. The van der Waals surface area contributed by atoms with Gasteiger partial charge >= 0.3 is 12.0 Å². The van der Waals surface area contributed by atoms with Crippen molar-refractivity contribution in [2.24, 2.45) is 5.92 Å². The lowest BCUT2D eigenvalue weighted by molar-refractivity contribution is -0.142. The molecule has 1 aliphatic rings. The lowest BCUT2D eigenvalue weighted by Crippen LogP contribution is -2.45. The Morgan fingerprint density at radius 1 is 1.21 bits per heavy atom. The number of hydrogen-bond donors (Lipinski definition) is 2. The van der Waals surface area contributed by atoms with Crippen molar-refractivity contribution in [3.8, 4) is 5.75 Å². The Morgan fingerprint density at radius 2 is 1.88 bits per heavy atom. The molecule has 6 nitrogen and oxygen atoms in total. The number of ether oxygens (including phenoxy) is 1. The molecule has 1 aliphatic carbocycles. The van der Waals surface area contributed by atoms with E-state index < -0.39 is 5.97 Å². The molecule has 6 heteroatoms. The van der Waals surface area contributed by atoms with Crippen molar-refractivity contribution in [1.29, 1.82) is 0 Å². The Kier molecular flexibility index (Phi) is 6.90. The fourth-order valence-corrected chi connectivity index (χ4v) is 2.88. The topological polar surface area (TPSA) is 78.9 Å². The summed E-state index contributed by atoms with van der Waals surface area (Å²) in [6.45, 7) is 1.18. The summed E-state index contributed by atoms with van der Waals surface area (Å²) in [5.41, 5.74) is 0. The monoisotopic (exact) mass is 334 g/mol. The van der Waals surface area contributed by atoms with Gasteiger partial charge in [0.2, 0.25) is 0 Å². The van der Waals surface area contributed by atoms with Gasteiger partial charge in [-0.3, -0.25) is 4.79 Å². The molecule has 0 bridgehead atoms. The number of carboxylic acids is 1. The van der Waals surface area contributed by atoms with E-state index in [0.717, 1.165) is 25.0 Å². The molecule has 0 saturated heterocycles. The molecule has 2 N–H and O–H groups in total. The number of carbonyl (C=O) groups is 2. The van der Waals surface area contributed by atoms with Crippen LogP contribution in [-0.2, 0) is 4.79 Å². The van der Waals surface area contributed by atoms with Gasteiger partial charge in [0.05, 0.1) is 12.5 Å². The van der Waals surface area contributed by atoms with E-state index >= 15 is 0 Å². The van der Waals surface area contributed by atoms with Crippen molar-refractivity contribution in [3.63, 3.8) is 0 Å². The second-order valence-electron chi connectivity index (χ2n) is 6.27. The summed E-state index contributed by atoms with van der Waals surface area (Å²) in [4.78, 5) is 24.7. The van der Waals surface area contributed by atoms with Gasteiger partial charge < -0.3 is 20.1 Å². The zero-order valence-electron chi connectivity index (χ0n) is 14.1. The van der Waals surface area contributed by atoms with Crippen LogP contribution in [0.4, 0.5) is 4.79 Å². The fraction of sp³-hybridized carbons (Fsp3) is 0.556. The smallest absolute Gasteiger partial charge is 0.317 e. The zero-order valence-corrected chi connectivity index (χ0v) is 14.1. The van der Waals surface area contributed by atoms with Crippen LogP contribution in [0.15, 0.2) is 30.3 Å². The maximum absolute atomic E-state index is 12.1. The minimum atomic E-state index is -0.727. The van der Waals surface area contributed by atoms with Crippen LogP contribution in [-0.4, -0.2) is 48.2 Å². The minimum Gasteiger partial charge on any atom is -0.494 e. The number of urea groups is 1. The number of hydrogen-bond acceptors (Lipinski definition) is 3. The molecule has 1 aromatic rings. The molecule has 1 fully saturated rings. The highest BCUT2D eigenvalue weighted by Gasteiger charge is 2.27. The van der Waals surface area contributed by atoms with Crippen molar-refractivity contribution in [2.75, 3.05) is 20.2 Å². The zero-order chi connectivity index (χ0) is 17.4. The van der Waals surface area contributed by atoms with Crippen LogP contribution in [0, 0.1) is 5.92 Å². The second-order valence-corrected chi connectivity index (χ2v) is 6.27. The number of aliphatic carboxylic acids is 1. The first-order valence-corrected chi connectivity index (χ1v) is 8.48. The van der Waals surface area contributed by atoms with Gasteiger partial charge in [0.15, 0.2) is 0 Å². The number of para-hydroxylation sites is 1. The van der Waals surface area contributed by atoms with E-state index in [1.165, 1.54) is 0 Å². The van der Waals surface area contributed by atoms with E-state index in [2.05, 4.69) is 5.32 Å². The van der Waals surface area contributed by atoms with Gasteiger partial charge in [-0.2, -0.15) is 0 Å². The number of amides is 2. The number of nitrogens with one attached hydrogen (secondary N) is 1. The molecule has 24 heavy (non-hydrogen) atoms. The van der Waals surface area contributed by atoms with E-state index in [0.29, 0.717) is 26.0 Å². The lowest BCUT2D eigenvalue weighted by Gasteiger charge is -2.28. The Labute approximate surface area is 142 Å². The van der Waals surface area contributed by atoms with Gasteiger partial charge in [-0.25, -0.2) is 4.79 Å². The van der Waals surface area contributed by atoms with E-state index in [1.807, 2.05) is 30.3 Å². The maximum atomic E-state index is 12.1. The summed E-state index contributed by atoms with van der Waals surface area (Å²) >= 11 is 0. The van der Waals surface area contributed by atoms with Gasteiger partial charge in [0.25, 0.3) is 0 Å². The molecule has 0 aliphatic heterocycles. The van der Waals surface area contributed by atoms with Crippen LogP contribution in [0.25, 0.3) is 0 Å². The van der Waals surface area contributed by atoms with Crippen molar-refractivity contribution >= 4 is 12.0 Å². The fourth-order valence-electron chi connectivity index (χ4n) is 2.88. The number of rotatable bonds is 7. The molecule has 0 atom stereocenters. The maximum Gasteiger partial charge on any atom is 0.317 e. The van der Waals surface area contributed by atoms with Crippen LogP contribution in [0.1, 0.15) is 32.1 Å². The number of nitrogens with zero attached hydrogens (tertiary/aromatic N) is 1. The highest BCUT2D eigenvalue weighted by atomic mass is 16.5. The van der Waals surface area contributed by atoms with Gasteiger partial charge in [-0.1, -0.05) is 18.2 Å². The number of benzene rings is 1. The molecule has 0 aromatic heterocycles. The third-order valence-corrected chi connectivity index (χ3v) is 4.40. The first-order valence-electron chi connectivity index (χ1n) is 8.48. The first-order chi connectivity index (χ1) is 11.6. The quantitative estimate of drug-likeness (QED) is 0.752. The molecule has 0 heterocycles. The molecule has 1 aromatic carbocycles. The van der Waals surface area contributed by atoms with Crippen LogP contribution < -0.4 is 10.1 Å². The summed E-state index contributed by atoms with van der Waals surface area (Å²) in [5, 5.41) is 12.0. The Hall–Kier alpha value is -2.24. The number of carbonyl (C=O) groups excluding carboxylic acids is 1. The van der Waals surface area contributed by atoms with Crippen molar-refractivity contribution < 1.29 is 19.4 Å². The second kappa shape index (κ2) is 9.15. The van der Waals surface area contributed by atoms with Gasteiger partial charge in [-0.05, 0) is 44.2 Å². The molecule has 1 saturated carbocycles. The highest BCUT2D eigenvalue weighted by Crippen LogP contribution is 2.24. The SMILES string of the molecule is CN(CCCOc1ccccc1)C(=O)NC1CCC(C(=O)O)CC1. The average Bonchev–Trinajstić information content (AvgIpc) is 2.60. The molecule has 0 radical (unpaired) electrons. The van der Waals surface area contributed by atoms with Crippen LogP contribution >= 0.6 is 0 Å². The standard InChI is InChI=1S/C18H26N2O4/c1-20(12-5-13-24-16-6-3-2-4-7-16)18(23)19-15-10-8-14(9-11-15)17(21)22/h2-4,6-7,14-15H,5,8-13H2,1H3,(H,19,23)(H,21,22). The Balaban J connectivity index is 1.61. The molecular formula is C18H26N2O4. The third-order valence-electron chi connectivity index (χ3n) is 4.40. The molecule has 132 valence electrons. The largest absolute Gasteiger partial charge is 0.494 e. The molecule has 2 amide bonds. The van der Waals surface area contributed by atoms with Crippen LogP contribution in [0.2, 0.25) is 0 Å². The van der Waals surface area contributed by atoms with Crippen molar-refractivity contribution in [1.82, 2.24) is 10.2 Å². The minimum absolute atomic E-state index is 0.0797. The summed E-state index contributed by atoms with van der Waals surface area (Å²) in [7, 11) is 1.76. The normalized spacial score (nSPS) is 20.2. The van der Waals surface area contributed by atoms with Crippen molar-refractivity contribution in [2.45, 2.75) is 38.1 Å². The summed E-state index contributed by atoms with van der Waals surface area (Å²) in [6.07, 6.45) is 3.48. The third kappa shape index (κ3) is 5.76. The number of carboxylic acid groups (broad SMARTS) is 1. The van der Waals surface area contributed by atoms with E-state index in [9.17, 15) is 9.59 Å². The van der Waals surface area contributed by atoms with Gasteiger partial charge in [-0.15, -0.1) is 0 Å². The van der Waals surface area contributed by atoms with Crippen LogP contribution in [0.3, 0.4) is 0 Å². The van der Waals surface area contributed by atoms with Gasteiger partial charge in [0, 0.05) is 19.6 Å². The van der Waals surface area contributed by atoms with E-state index in [4.69, 9.17) is 9.84 Å². The van der Waals surface area contributed by atoms with Crippen LogP contribution in [0.5, 0.6) is 5.75 Å². The average molecular weight is 334 g/mol. The summed E-state index contributed by atoms with van der Waals surface area (Å²) < 4.78 is 5.61.